The Morgan fingerprint density at radius 3 is 2.48 bits per heavy atom. The van der Waals surface area contributed by atoms with Crippen LogP contribution in [-0.4, -0.2) is 27.7 Å². The standard InChI is InChI=1S/C22H23NO5S/c1-27-16-11-9-15(10-12-16)20(14-7-8-14)23-22(24)21-18(13-29(2,25)26)17-5-3-4-6-19(17)28-21/h3-6,9-12,14,20H,7-8,13H2,1-2H3,(H,23,24). The van der Waals surface area contributed by atoms with Crippen LogP contribution in [0.5, 0.6) is 5.75 Å². The van der Waals surface area contributed by atoms with Crippen molar-refractivity contribution in [3.63, 3.8) is 0 Å². The first kappa shape index (κ1) is 19.5. The summed E-state index contributed by atoms with van der Waals surface area (Å²) >= 11 is 0. The molecule has 1 aliphatic carbocycles. The van der Waals surface area contributed by atoms with Crippen LogP contribution in [-0.2, 0) is 15.6 Å². The third-order valence-corrected chi connectivity index (χ3v) is 5.98. The van der Waals surface area contributed by atoms with Gasteiger partial charge in [0.1, 0.15) is 11.3 Å². The molecular formula is C22H23NO5S. The number of para-hydroxylation sites is 1. The highest BCUT2D eigenvalue weighted by atomic mass is 32.2. The highest BCUT2D eigenvalue weighted by Gasteiger charge is 2.35. The van der Waals surface area contributed by atoms with Crippen molar-refractivity contribution in [3.05, 3.63) is 65.4 Å². The summed E-state index contributed by atoms with van der Waals surface area (Å²) in [5, 5.41) is 3.72. The summed E-state index contributed by atoms with van der Waals surface area (Å²) in [5.74, 6) is 0.532. The predicted molar refractivity (Wildman–Crippen MR) is 111 cm³/mol. The summed E-state index contributed by atoms with van der Waals surface area (Å²) in [7, 11) is -1.73. The molecule has 1 aliphatic rings. The molecule has 1 amide bonds. The van der Waals surface area contributed by atoms with Gasteiger partial charge in [0.05, 0.1) is 18.9 Å². The minimum absolute atomic E-state index is 0.0655. The first-order valence-electron chi connectivity index (χ1n) is 9.48. The number of fused-ring (bicyclic) bond motifs is 1. The van der Waals surface area contributed by atoms with Crippen molar-refractivity contribution in [3.8, 4) is 5.75 Å². The van der Waals surface area contributed by atoms with Gasteiger partial charge in [-0.2, -0.15) is 0 Å². The van der Waals surface area contributed by atoms with E-state index in [0.717, 1.165) is 30.4 Å². The van der Waals surface area contributed by atoms with Crippen molar-refractivity contribution in [2.24, 2.45) is 5.92 Å². The van der Waals surface area contributed by atoms with Gasteiger partial charge >= 0.3 is 0 Å². The third kappa shape index (κ3) is 4.29. The zero-order valence-corrected chi connectivity index (χ0v) is 17.2. The Balaban J connectivity index is 1.67. The van der Waals surface area contributed by atoms with E-state index >= 15 is 0 Å². The van der Waals surface area contributed by atoms with Gasteiger partial charge in [-0.3, -0.25) is 4.79 Å². The van der Waals surface area contributed by atoms with Gasteiger partial charge in [-0.25, -0.2) is 8.42 Å². The molecular weight excluding hydrogens is 390 g/mol. The molecule has 152 valence electrons. The van der Waals surface area contributed by atoms with E-state index in [-0.39, 0.29) is 17.6 Å². The largest absolute Gasteiger partial charge is 0.497 e. The van der Waals surface area contributed by atoms with Crippen LogP contribution in [0.15, 0.2) is 52.9 Å². The van der Waals surface area contributed by atoms with E-state index in [1.807, 2.05) is 24.3 Å². The van der Waals surface area contributed by atoms with Crippen LogP contribution in [0.1, 0.15) is 40.6 Å². The van der Waals surface area contributed by atoms with E-state index in [1.165, 1.54) is 0 Å². The molecule has 1 heterocycles. The molecule has 7 heteroatoms. The van der Waals surface area contributed by atoms with Crippen molar-refractivity contribution in [2.75, 3.05) is 13.4 Å². The smallest absolute Gasteiger partial charge is 0.287 e. The summed E-state index contributed by atoms with van der Waals surface area (Å²) in [5.41, 5.74) is 1.90. The van der Waals surface area contributed by atoms with E-state index < -0.39 is 15.7 Å². The monoisotopic (exact) mass is 413 g/mol. The average Bonchev–Trinajstić information content (AvgIpc) is 3.48. The zero-order chi connectivity index (χ0) is 20.6. The maximum Gasteiger partial charge on any atom is 0.287 e. The maximum atomic E-state index is 13.1. The SMILES string of the molecule is COc1ccc(C(NC(=O)c2oc3ccccc3c2CS(C)(=O)=O)C2CC2)cc1. The average molecular weight is 413 g/mol. The first-order chi connectivity index (χ1) is 13.9. The van der Waals surface area contributed by atoms with Crippen LogP contribution < -0.4 is 10.1 Å². The minimum atomic E-state index is -3.34. The fraction of sp³-hybridized carbons (Fsp3) is 0.318. The van der Waals surface area contributed by atoms with Gasteiger partial charge in [0, 0.05) is 17.2 Å². The number of hydrogen-bond acceptors (Lipinski definition) is 5. The second-order valence-electron chi connectivity index (χ2n) is 7.54. The lowest BCUT2D eigenvalue weighted by atomic mass is 10.0. The third-order valence-electron chi connectivity index (χ3n) is 5.17. The number of benzene rings is 2. The number of carbonyl (C=O) groups is 1. The number of carbonyl (C=O) groups excluding carboxylic acids is 1. The van der Waals surface area contributed by atoms with E-state index in [0.29, 0.717) is 22.5 Å². The van der Waals surface area contributed by atoms with Gasteiger partial charge in [0.25, 0.3) is 5.91 Å². The van der Waals surface area contributed by atoms with Crippen molar-refractivity contribution >= 4 is 26.7 Å². The van der Waals surface area contributed by atoms with Gasteiger partial charge in [-0.05, 0) is 42.5 Å². The molecule has 0 bridgehead atoms. The van der Waals surface area contributed by atoms with Crippen molar-refractivity contribution < 1.29 is 22.4 Å². The molecule has 3 aromatic rings. The molecule has 0 aliphatic heterocycles. The van der Waals surface area contributed by atoms with Crippen LogP contribution in [0.4, 0.5) is 0 Å². The van der Waals surface area contributed by atoms with Crippen LogP contribution in [0.2, 0.25) is 0 Å². The summed E-state index contributed by atoms with van der Waals surface area (Å²) in [6.45, 7) is 0. The highest BCUT2D eigenvalue weighted by molar-refractivity contribution is 7.89. The second kappa shape index (κ2) is 7.55. The quantitative estimate of drug-likeness (QED) is 0.636. The van der Waals surface area contributed by atoms with Crippen LogP contribution in [0.3, 0.4) is 0 Å². The molecule has 1 fully saturated rings. The zero-order valence-electron chi connectivity index (χ0n) is 16.3. The van der Waals surface area contributed by atoms with Gasteiger partial charge < -0.3 is 14.5 Å². The van der Waals surface area contributed by atoms with E-state index in [2.05, 4.69) is 5.32 Å². The summed E-state index contributed by atoms with van der Waals surface area (Å²) in [6, 6.07) is 14.6. The van der Waals surface area contributed by atoms with Gasteiger partial charge in [-0.15, -0.1) is 0 Å². The van der Waals surface area contributed by atoms with Crippen molar-refractivity contribution in [2.45, 2.75) is 24.6 Å². The molecule has 0 radical (unpaired) electrons. The first-order valence-corrected chi connectivity index (χ1v) is 11.5. The molecule has 0 saturated heterocycles. The van der Waals surface area contributed by atoms with E-state index in [1.54, 1.807) is 31.4 Å². The Morgan fingerprint density at radius 2 is 1.86 bits per heavy atom. The number of furan rings is 1. The fourth-order valence-corrected chi connectivity index (χ4v) is 4.42. The Hall–Kier alpha value is -2.80. The van der Waals surface area contributed by atoms with Crippen molar-refractivity contribution in [1.82, 2.24) is 5.32 Å². The van der Waals surface area contributed by atoms with Crippen LogP contribution >= 0.6 is 0 Å². The Bertz CT molecular complexity index is 1140. The number of nitrogens with one attached hydrogen (secondary N) is 1. The second-order valence-corrected chi connectivity index (χ2v) is 9.68. The summed E-state index contributed by atoms with van der Waals surface area (Å²) < 4.78 is 34.9. The lowest BCUT2D eigenvalue weighted by Crippen LogP contribution is -2.30. The van der Waals surface area contributed by atoms with Gasteiger partial charge in [0.15, 0.2) is 15.6 Å². The van der Waals surface area contributed by atoms with Crippen molar-refractivity contribution in [1.29, 1.82) is 0 Å². The molecule has 1 unspecified atom stereocenters. The predicted octanol–water partition coefficient (Wildman–Crippen LogP) is 3.87. The summed E-state index contributed by atoms with van der Waals surface area (Å²) in [6.07, 6.45) is 3.22. The number of hydrogen-bond donors (Lipinski definition) is 1. The molecule has 1 saturated carbocycles. The number of methoxy groups -OCH3 is 1. The van der Waals surface area contributed by atoms with E-state index in [4.69, 9.17) is 9.15 Å². The van der Waals surface area contributed by atoms with Gasteiger partial charge in [0.2, 0.25) is 0 Å². The Labute approximate surface area is 169 Å². The molecule has 4 rings (SSSR count). The van der Waals surface area contributed by atoms with Gasteiger partial charge in [-0.1, -0.05) is 30.3 Å². The highest BCUT2D eigenvalue weighted by Crippen LogP contribution is 2.41. The Kier molecular flexibility index (Phi) is 5.08. The topological polar surface area (TPSA) is 85.6 Å². The Morgan fingerprint density at radius 1 is 1.17 bits per heavy atom. The molecule has 29 heavy (non-hydrogen) atoms. The molecule has 1 N–H and O–H groups in total. The molecule has 2 aromatic carbocycles. The molecule has 1 aromatic heterocycles. The fourth-order valence-electron chi connectivity index (χ4n) is 3.61. The van der Waals surface area contributed by atoms with Crippen LogP contribution in [0, 0.1) is 5.92 Å². The number of ether oxygens (including phenoxy) is 1. The molecule has 6 nitrogen and oxygen atoms in total. The minimum Gasteiger partial charge on any atom is -0.497 e. The normalized spacial score (nSPS) is 15.2. The lowest BCUT2D eigenvalue weighted by Gasteiger charge is -2.19. The maximum absolute atomic E-state index is 13.1. The number of rotatable bonds is 7. The van der Waals surface area contributed by atoms with E-state index in [9.17, 15) is 13.2 Å². The number of amides is 1. The molecule has 1 atom stereocenters. The lowest BCUT2D eigenvalue weighted by molar-refractivity contribution is 0.0904. The summed E-state index contributed by atoms with van der Waals surface area (Å²) in [4.78, 5) is 13.1. The van der Waals surface area contributed by atoms with Crippen LogP contribution in [0.25, 0.3) is 11.0 Å². The number of sulfone groups is 1. The molecule has 0 spiro atoms.